The van der Waals surface area contributed by atoms with E-state index in [2.05, 4.69) is 24.0 Å². The topological polar surface area (TPSA) is 85.2 Å². The van der Waals surface area contributed by atoms with Crippen molar-refractivity contribution in [3.05, 3.63) is 35.2 Å². The molecule has 2 heterocycles. The zero-order valence-electron chi connectivity index (χ0n) is 16.0. The maximum Gasteiger partial charge on any atom is 0.232 e. The van der Waals surface area contributed by atoms with Gasteiger partial charge in [-0.15, -0.1) is 10.2 Å². The highest BCUT2D eigenvalue weighted by Crippen LogP contribution is 2.30. The molecular weight excluding hydrogens is 384 g/mol. The van der Waals surface area contributed by atoms with Crippen LogP contribution in [0.25, 0.3) is 0 Å². The number of carbonyl (C=O) groups is 1. The minimum atomic E-state index is -3.30. The van der Waals surface area contributed by atoms with Gasteiger partial charge in [0.2, 0.25) is 10.0 Å². The second-order valence-electron chi connectivity index (χ2n) is 7.05. The number of sulfonamides is 1. The van der Waals surface area contributed by atoms with Crippen molar-refractivity contribution in [2.45, 2.75) is 37.8 Å². The molecule has 27 heavy (non-hydrogen) atoms. The number of hydrogen-bond donors (Lipinski definition) is 0. The van der Waals surface area contributed by atoms with E-state index in [1.807, 2.05) is 17.7 Å². The van der Waals surface area contributed by atoms with Gasteiger partial charge in [0.15, 0.2) is 10.9 Å². The molecule has 0 amide bonds. The van der Waals surface area contributed by atoms with Gasteiger partial charge in [0.1, 0.15) is 5.82 Å². The highest BCUT2D eigenvalue weighted by molar-refractivity contribution is 7.99. The number of hydrogen-bond acceptors (Lipinski definition) is 6. The smallest absolute Gasteiger partial charge is 0.232 e. The Morgan fingerprint density at radius 1 is 1.30 bits per heavy atom. The van der Waals surface area contributed by atoms with Crippen molar-refractivity contribution in [3.63, 3.8) is 0 Å². The molecule has 1 aliphatic heterocycles. The Bertz CT molecular complexity index is 967. The Kier molecular flexibility index (Phi) is 5.62. The summed E-state index contributed by atoms with van der Waals surface area (Å²) in [5.41, 5.74) is 2.19. The number of benzene rings is 1. The van der Waals surface area contributed by atoms with E-state index in [1.54, 1.807) is 12.1 Å². The van der Waals surface area contributed by atoms with Gasteiger partial charge < -0.3 is 4.57 Å². The Morgan fingerprint density at radius 2 is 2.04 bits per heavy atom. The van der Waals surface area contributed by atoms with E-state index in [0.29, 0.717) is 23.0 Å². The number of ketones is 1. The average molecular weight is 409 g/mol. The molecule has 1 aliphatic rings. The van der Waals surface area contributed by atoms with Crippen LogP contribution in [0, 0.1) is 0 Å². The van der Waals surface area contributed by atoms with Crippen LogP contribution in [0.5, 0.6) is 0 Å². The lowest BCUT2D eigenvalue weighted by Crippen LogP contribution is -2.34. The molecule has 0 bridgehead atoms. The third-order valence-corrected chi connectivity index (χ3v) is 6.80. The maximum atomic E-state index is 12.6. The summed E-state index contributed by atoms with van der Waals surface area (Å²) in [4.78, 5) is 12.6. The van der Waals surface area contributed by atoms with Crippen LogP contribution < -0.4 is 4.31 Å². The zero-order valence-corrected chi connectivity index (χ0v) is 17.6. The number of carbonyl (C=O) groups excluding carboxylic acids is 1. The number of anilines is 1. The molecule has 146 valence electrons. The van der Waals surface area contributed by atoms with Gasteiger partial charge in [0.05, 0.1) is 17.7 Å². The Balaban J connectivity index is 1.75. The summed E-state index contributed by atoms with van der Waals surface area (Å²) < 4.78 is 27.2. The van der Waals surface area contributed by atoms with Gasteiger partial charge in [0.25, 0.3) is 0 Å². The van der Waals surface area contributed by atoms with E-state index in [4.69, 9.17) is 0 Å². The van der Waals surface area contributed by atoms with Crippen molar-refractivity contribution >= 4 is 33.3 Å². The number of Topliss-reactive ketones (excluding diaryl/α,β-unsaturated/α-hetero) is 1. The molecule has 0 N–H and O–H groups in total. The lowest BCUT2D eigenvalue weighted by Gasteiger charge is -2.29. The number of nitrogens with zero attached hydrogens (tertiary/aromatic N) is 4. The molecule has 0 radical (unpaired) electrons. The third-order valence-electron chi connectivity index (χ3n) is 4.60. The molecule has 0 aliphatic carbocycles. The molecule has 0 fully saturated rings. The average Bonchev–Trinajstić information content (AvgIpc) is 2.98. The molecule has 0 spiro atoms. The maximum absolute atomic E-state index is 12.6. The quantitative estimate of drug-likeness (QED) is 0.540. The molecule has 3 rings (SSSR count). The molecule has 1 aromatic carbocycles. The first-order valence-electron chi connectivity index (χ1n) is 8.84. The lowest BCUT2D eigenvalue weighted by molar-refractivity contribution is 0.102. The fraction of sp³-hybridized carbons (Fsp3) is 0.500. The van der Waals surface area contributed by atoms with Crippen molar-refractivity contribution in [2.24, 2.45) is 7.05 Å². The minimum Gasteiger partial charge on any atom is -0.309 e. The van der Waals surface area contributed by atoms with Crippen LogP contribution in [0.1, 0.15) is 47.9 Å². The van der Waals surface area contributed by atoms with E-state index in [-0.39, 0.29) is 17.5 Å². The van der Waals surface area contributed by atoms with Crippen LogP contribution in [-0.4, -0.2) is 47.5 Å². The number of fused-ring (bicyclic) bond motifs is 1. The van der Waals surface area contributed by atoms with Crippen molar-refractivity contribution in [1.29, 1.82) is 0 Å². The van der Waals surface area contributed by atoms with Crippen molar-refractivity contribution in [1.82, 2.24) is 14.8 Å². The summed E-state index contributed by atoms with van der Waals surface area (Å²) in [5, 5.41) is 9.05. The van der Waals surface area contributed by atoms with Crippen LogP contribution in [0.3, 0.4) is 0 Å². The van der Waals surface area contributed by atoms with E-state index < -0.39 is 10.0 Å². The standard InChI is InChI=1S/C18H24N4O3S2/c1-12(2)17-19-20-18(21(17)3)26-11-16(23)14-7-8-15-13(10-14)6-5-9-22(15)27(4,24)25/h7-8,10,12H,5-6,9,11H2,1-4H3. The summed E-state index contributed by atoms with van der Waals surface area (Å²) in [6.07, 6.45) is 2.74. The van der Waals surface area contributed by atoms with Crippen molar-refractivity contribution in [2.75, 3.05) is 22.9 Å². The highest BCUT2D eigenvalue weighted by Gasteiger charge is 2.24. The van der Waals surface area contributed by atoms with E-state index in [1.165, 1.54) is 22.3 Å². The summed E-state index contributed by atoms with van der Waals surface area (Å²) in [5.74, 6) is 1.41. The van der Waals surface area contributed by atoms with Crippen molar-refractivity contribution in [3.8, 4) is 0 Å². The zero-order chi connectivity index (χ0) is 19.8. The third kappa shape index (κ3) is 4.19. The molecule has 0 unspecified atom stereocenters. The van der Waals surface area contributed by atoms with Crippen LogP contribution >= 0.6 is 11.8 Å². The van der Waals surface area contributed by atoms with Crippen LogP contribution in [0.15, 0.2) is 23.4 Å². The highest BCUT2D eigenvalue weighted by atomic mass is 32.2. The fourth-order valence-electron chi connectivity index (χ4n) is 3.25. The van der Waals surface area contributed by atoms with E-state index >= 15 is 0 Å². The number of aromatic nitrogens is 3. The van der Waals surface area contributed by atoms with Gasteiger partial charge in [0, 0.05) is 25.1 Å². The number of rotatable bonds is 6. The van der Waals surface area contributed by atoms with E-state index in [0.717, 1.165) is 24.2 Å². The molecule has 1 aromatic heterocycles. The molecule has 2 aromatic rings. The fourth-order valence-corrected chi connectivity index (χ4v) is 5.06. The normalized spacial score (nSPS) is 14.5. The first-order chi connectivity index (χ1) is 12.7. The molecule has 9 heteroatoms. The Morgan fingerprint density at radius 3 is 2.67 bits per heavy atom. The monoisotopic (exact) mass is 408 g/mol. The van der Waals surface area contributed by atoms with Crippen molar-refractivity contribution < 1.29 is 13.2 Å². The second kappa shape index (κ2) is 7.63. The summed E-state index contributed by atoms with van der Waals surface area (Å²) in [6.45, 7) is 4.59. The van der Waals surface area contributed by atoms with Gasteiger partial charge >= 0.3 is 0 Å². The van der Waals surface area contributed by atoms with Gasteiger partial charge in [-0.3, -0.25) is 9.10 Å². The first-order valence-corrected chi connectivity index (χ1v) is 11.7. The molecule has 0 saturated carbocycles. The van der Waals surface area contributed by atoms with Gasteiger partial charge in [-0.25, -0.2) is 8.42 Å². The SMILES string of the molecule is CC(C)c1nnc(SCC(=O)c2ccc3c(c2)CCCN3S(C)(=O)=O)n1C. The molecule has 7 nitrogen and oxygen atoms in total. The van der Waals surface area contributed by atoms with E-state index in [9.17, 15) is 13.2 Å². The number of aryl methyl sites for hydroxylation is 1. The van der Waals surface area contributed by atoms with Crippen LogP contribution in [0.4, 0.5) is 5.69 Å². The van der Waals surface area contributed by atoms with Crippen LogP contribution in [-0.2, 0) is 23.5 Å². The van der Waals surface area contributed by atoms with Gasteiger partial charge in [-0.1, -0.05) is 25.6 Å². The molecule has 0 saturated heterocycles. The summed E-state index contributed by atoms with van der Waals surface area (Å²) in [7, 11) is -1.40. The minimum absolute atomic E-state index is 0.00613. The predicted molar refractivity (Wildman–Crippen MR) is 107 cm³/mol. The summed E-state index contributed by atoms with van der Waals surface area (Å²) >= 11 is 1.36. The van der Waals surface area contributed by atoms with Crippen LogP contribution in [0.2, 0.25) is 0 Å². The Labute approximate surface area is 164 Å². The summed E-state index contributed by atoms with van der Waals surface area (Å²) in [6, 6.07) is 5.28. The lowest BCUT2D eigenvalue weighted by atomic mass is 9.99. The Hall–Kier alpha value is -1.87. The first kappa shape index (κ1) is 19.9. The van der Waals surface area contributed by atoms with Gasteiger partial charge in [-0.05, 0) is 36.6 Å². The number of thioether (sulfide) groups is 1. The predicted octanol–water partition coefficient (Wildman–Crippen LogP) is 2.63. The molecular formula is C18H24N4O3S2. The molecule has 0 atom stereocenters. The largest absolute Gasteiger partial charge is 0.309 e. The van der Waals surface area contributed by atoms with Gasteiger partial charge in [-0.2, -0.15) is 0 Å². The second-order valence-corrected chi connectivity index (χ2v) is 9.90.